The second kappa shape index (κ2) is 7.97. The first-order valence-corrected chi connectivity index (χ1v) is 7.93. The summed E-state index contributed by atoms with van der Waals surface area (Å²) in [6.07, 6.45) is 2.45. The van der Waals surface area contributed by atoms with Crippen molar-refractivity contribution in [2.75, 3.05) is 19.8 Å². The van der Waals surface area contributed by atoms with Gasteiger partial charge in [0, 0.05) is 31.6 Å². The van der Waals surface area contributed by atoms with Gasteiger partial charge in [-0.25, -0.2) is 4.79 Å². The number of allylic oxidation sites excluding steroid dienone is 1. The van der Waals surface area contributed by atoms with Gasteiger partial charge in [-0.05, 0) is 38.1 Å². The van der Waals surface area contributed by atoms with Crippen molar-refractivity contribution < 1.29 is 24.2 Å². The zero-order valence-electron chi connectivity index (χ0n) is 14.0. The Morgan fingerprint density at radius 1 is 1.33 bits per heavy atom. The molecule has 1 aliphatic heterocycles. The highest BCUT2D eigenvalue weighted by molar-refractivity contribution is 5.98. The molecule has 0 spiro atoms. The molecule has 0 bridgehead atoms. The van der Waals surface area contributed by atoms with E-state index in [4.69, 9.17) is 9.47 Å². The topological polar surface area (TPSA) is 84.9 Å². The van der Waals surface area contributed by atoms with Gasteiger partial charge in [0.1, 0.15) is 17.9 Å². The van der Waals surface area contributed by atoms with Crippen LogP contribution in [0.15, 0.2) is 35.9 Å². The third-order valence-electron chi connectivity index (χ3n) is 3.95. The lowest BCUT2D eigenvalue weighted by Gasteiger charge is -2.33. The van der Waals surface area contributed by atoms with Gasteiger partial charge in [-0.2, -0.15) is 0 Å². The molecule has 1 fully saturated rings. The molecule has 0 unspecified atom stereocenters. The normalized spacial score (nSPS) is 16.1. The van der Waals surface area contributed by atoms with Crippen LogP contribution in [0.3, 0.4) is 0 Å². The summed E-state index contributed by atoms with van der Waals surface area (Å²) in [5.74, 6) is -0.890. The van der Waals surface area contributed by atoms with E-state index in [0.29, 0.717) is 31.1 Å². The molecule has 1 heterocycles. The maximum atomic E-state index is 12.5. The number of carbonyl (C=O) groups is 2. The van der Waals surface area contributed by atoms with E-state index < -0.39 is 17.4 Å². The number of carboxylic acid groups (broad SMARTS) is 1. The maximum Gasteiger partial charge on any atom is 0.329 e. The Labute approximate surface area is 141 Å². The van der Waals surface area contributed by atoms with Crippen molar-refractivity contribution in [3.05, 3.63) is 41.5 Å². The van der Waals surface area contributed by atoms with Crippen molar-refractivity contribution in [2.45, 2.75) is 32.2 Å². The predicted molar refractivity (Wildman–Crippen MR) is 89.3 cm³/mol. The first kappa shape index (κ1) is 18.0. The van der Waals surface area contributed by atoms with Crippen LogP contribution in [0, 0.1) is 0 Å². The quantitative estimate of drug-likeness (QED) is 0.781. The number of nitrogens with one attached hydrogen (secondary N) is 1. The second-order valence-electron chi connectivity index (χ2n) is 6.07. The smallest absolute Gasteiger partial charge is 0.329 e. The summed E-state index contributed by atoms with van der Waals surface area (Å²) in [7, 11) is 0. The molecule has 1 aromatic carbocycles. The van der Waals surface area contributed by atoms with E-state index in [9.17, 15) is 14.7 Å². The number of carbonyl (C=O) groups excluding carboxylic acids is 1. The first-order valence-electron chi connectivity index (χ1n) is 7.93. The van der Waals surface area contributed by atoms with Crippen LogP contribution in [-0.4, -0.2) is 42.3 Å². The lowest BCUT2D eigenvalue weighted by molar-refractivity contribution is -0.148. The molecule has 130 valence electrons. The van der Waals surface area contributed by atoms with E-state index in [1.807, 2.05) is 19.9 Å². The molecule has 0 radical (unpaired) electrons. The summed E-state index contributed by atoms with van der Waals surface area (Å²) in [5.41, 5.74) is 0.248. The molecule has 1 aliphatic rings. The van der Waals surface area contributed by atoms with Crippen LogP contribution >= 0.6 is 0 Å². The number of amides is 1. The Morgan fingerprint density at radius 3 is 2.67 bits per heavy atom. The van der Waals surface area contributed by atoms with Gasteiger partial charge in [-0.3, -0.25) is 4.79 Å². The SMILES string of the molecule is CC(C)=CCOc1cccc(C(=O)NC2(C(=O)O)CCOCC2)c1. The molecule has 24 heavy (non-hydrogen) atoms. The molecule has 0 aliphatic carbocycles. The fourth-order valence-corrected chi connectivity index (χ4v) is 2.43. The molecule has 0 saturated carbocycles. The van der Waals surface area contributed by atoms with Gasteiger partial charge < -0.3 is 19.9 Å². The Bertz CT molecular complexity index is 628. The van der Waals surface area contributed by atoms with E-state index in [0.717, 1.165) is 5.57 Å². The summed E-state index contributed by atoms with van der Waals surface area (Å²) < 4.78 is 10.8. The molecule has 6 nitrogen and oxygen atoms in total. The van der Waals surface area contributed by atoms with Gasteiger partial charge in [0.25, 0.3) is 5.91 Å². The van der Waals surface area contributed by atoms with Gasteiger partial charge in [-0.15, -0.1) is 0 Å². The van der Waals surface area contributed by atoms with Crippen molar-refractivity contribution in [3.63, 3.8) is 0 Å². The molecular weight excluding hydrogens is 310 g/mol. The minimum atomic E-state index is -1.27. The summed E-state index contributed by atoms with van der Waals surface area (Å²) in [6, 6.07) is 6.72. The highest BCUT2D eigenvalue weighted by Gasteiger charge is 2.41. The van der Waals surface area contributed by atoms with Gasteiger partial charge in [0.2, 0.25) is 0 Å². The molecule has 6 heteroatoms. The Balaban J connectivity index is 2.08. The van der Waals surface area contributed by atoms with Crippen molar-refractivity contribution in [1.29, 1.82) is 0 Å². The fourth-order valence-electron chi connectivity index (χ4n) is 2.43. The molecule has 2 N–H and O–H groups in total. The van der Waals surface area contributed by atoms with Crippen LogP contribution in [0.5, 0.6) is 5.75 Å². The first-order chi connectivity index (χ1) is 11.4. The zero-order valence-corrected chi connectivity index (χ0v) is 14.0. The summed E-state index contributed by atoms with van der Waals surface area (Å²) in [5, 5.41) is 12.2. The van der Waals surface area contributed by atoms with Gasteiger partial charge >= 0.3 is 5.97 Å². The summed E-state index contributed by atoms with van der Waals surface area (Å²) in [4.78, 5) is 24.1. The Hall–Kier alpha value is -2.34. The van der Waals surface area contributed by atoms with E-state index in [1.54, 1.807) is 24.3 Å². The van der Waals surface area contributed by atoms with E-state index in [2.05, 4.69) is 5.32 Å². The highest BCUT2D eigenvalue weighted by Crippen LogP contribution is 2.22. The highest BCUT2D eigenvalue weighted by atomic mass is 16.5. The van der Waals surface area contributed by atoms with E-state index in [1.165, 1.54) is 0 Å². The molecular formula is C18H23NO5. The lowest BCUT2D eigenvalue weighted by Crippen LogP contribution is -2.57. The van der Waals surface area contributed by atoms with Crippen LogP contribution in [0.25, 0.3) is 0 Å². The minimum Gasteiger partial charge on any atom is -0.490 e. The van der Waals surface area contributed by atoms with Crippen molar-refractivity contribution in [2.24, 2.45) is 0 Å². The number of hydrogen-bond acceptors (Lipinski definition) is 4. The van der Waals surface area contributed by atoms with Crippen LogP contribution < -0.4 is 10.1 Å². The maximum absolute atomic E-state index is 12.5. The van der Waals surface area contributed by atoms with Gasteiger partial charge in [-0.1, -0.05) is 11.6 Å². The molecule has 1 saturated heterocycles. The van der Waals surface area contributed by atoms with Crippen molar-refractivity contribution >= 4 is 11.9 Å². The average Bonchev–Trinajstić information content (AvgIpc) is 2.55. The average molecular weight is 333 g/mol. The van der Waals surface area contributed by atoms with Gasteiger partial charge in [0.15, 0.2) is 0 Å². The fraction of sp³-hybridized carbons (Fsp3) is 0.444. The minimum absolute atomic E-state index is 0.255. The molecule has 0 atom stereocenters. The van der Waals surface area contributed by atoms with Crippen LogP contribution in [0.4, 0.5) is 0 Å². The number of hydrogen-bond donors (Lipinski definition) is 2. The largest absolute Gasteiger partial charge is 0.490 e. The van der Waals surface area contributed by atoms with E-state index in [-0.39, 0.29) is 12.8 Å². The number of aliphatic carboxylic acids is 1. The van der Waals surface area contributed by atoms with Gasteiger partial charge in [0.05, 0.1) is 0 Å². The molecule has 2 rings (SSSR count). The molecule has 1 amide bonds. The van der Waals surface area contributed by atoms with Crippen molar-refractivity contribution in [1.82, 2.24) is 5.32 Å². The predicted octanol–water partition coefficient (Wildman–Crippen LogP) is 2.40. The third-order valence-corrected chi connectivity index (χ3v) is 3.95. The van der Waals surface area contributed by atoms with Crippen LogP contribution in [0.2, 0.25) is 0 Å². The second-order valence-corrected chi connectivity index (χ2v) is 6.07. The third kappa shape index (κ3) is 4.58. The number of rotatable bonds is 6. The number of benzene rings is 1. The monoisotopic (exact) mass is 333 g/mol. The number of carboxylic acids is 1. The van der Waals surface area contributed by atoms with E-state index >= 15 is 0 Å². The summed E-state index contributed by atoms with van der Waals surface area (Å²) >= 11 is 0. The number of ether oxygens (including phenoxy) is 2. The van der Waals surface area contributed by atoms with Crippen molar-refractivity contribution in [3.8, 4) is 5.75 Å². The van der Waals surface area contributed by atoms with Crippen LogP contribution in [0.1, 0.15) is 37.0 Å². The lowest BCUT2D eigenvalue weighted by atomic mass is 9.89. The summed E-state index contributed by atoms with van der Waals surface area (Å²) in [6.45, 7) is 5.01. The standard InChI is InChI=1S/C18H23NO5/c1-13(2)6-9-24-15-5-3-4-14(12-15)16(20)19-18(17(21)22)7-10-23-11-8-18/h3-6,12H,7-11H2,1-2H3,(H,19,20)(H,21,22). The molecule has 1 aromatic rings. The Kier molecular flexibility index (Phi) is 5.98. The molecule has 0 aromatic heterocycles. The van der Waals surface area contributed by atoms with Crippen LogP contribution in [-0.2, 0) is 9.53 Å². The zero-order chi connectivity index (χ0) is 17.6. The Morgan fingerprint density at radius 2 is 2.04 bits per heavy atom.